The van der Waals surface area contributed by atoms with E-state index in [2.05, 4.69) is 20.4 Å². The van der Waals surface area contributed by atoms with E-state index in [4.69, 9.17) is 18.7 Å². The van der Waals surface area contributed by atoms with Crippen LogP contribution in [0.25, 0.3) is 0 Å². The largest absolute Gasteiger partial charge is 0.475 e. The number of aromatic nitrogens is 3. The summed E-state index contributed by atoms with van der Waals surface area (Å²) in [4.78, 5) is 20.8. The third-order valence-corrected chi connectivity index (χ3v) is 4.11. The molecule has 1 fully saturated rings. The van der Waals surface area contributed by atoms with Gasteiger partial charge in [0.1, 0.15) is 12.1 Å². The first-order chi connectivity index (χ1) is 12.9. The molecule has 0 saturated heterocycles. The molecule has 1 saturated carbocycles. The quantitative estimate of drug-likeness (QED) is 0.701. The fourth-order valence-corrected chi connectivity index (χ4v) is 2.52. The summed E-state index contributed by atoms with van der Waals surface area (Å²) in [6.07, 6.45) is 1.56. The molecule has 1 amide bonds. The highest BCUT2D eigenvalue weighted by Gasteiger charge is 2.30. The Labute approximate surface area is 157 Å². The van der Waals surface area contributed by atoms with Gasteiger partial charge in [-0.05, 0) is 38.7 Å². The van der Waals surface area contributed by atoms with Crippen LogP contribution in [0, 0.1) is 6.92 Å². The number of pyridine rings is 1. The lowest BCUT2D eigenvalue weighted by Gasteiger charge is -2.21. The van der Waals surface area contributed by atoms with Crippen molar-refractivity contribution in [2.75, 3.05) is 20.3 Å². The number of carbonyl (C=O) groups is 1. The molecule has 0 aromatic carbocycles. The van der Waals surface area contributed by atoms with Gasteiger partial charge in [-0.3, -0.25) is 0 Å². The summed E-state index contributed by atoms with van der Waals surface area (Å²) in [5.41, 5.74) is 0.169. The van der Waals surface area contributed by atoms with Crippen molar-refractivity contribution in [3.05, 3.63) is 29.4 Å². The fourth-order valence-electron chi connectivity index (χ4n) is 2.52. The van der Waals surface area contributed by atoms with Gasteiger partial charge in [0, 0.05) is 25.7 Å². The molecule has 27 heavy (non-hydrogen) atoms. The van der Waals surface area contributed by atoms with Gasteiger partial charge in [0.2, 0.25) is 17.7 Å². The minimum absolute atomic E-state index is 0.157. The number of nitrogens with one attached hydrogen (secondary N) is 1. The number of hydrogen-bond acceptors (Lipinski definition) is 8. The van der Waals surface area contributed by atoms with Gasteiger partial charge in [-0.2, -0.15) is 9.97 Å². The predicted molar refractivity (Wildman–Crippen MR) is 94.8 cm³/mol. The highest BCUT2D eigenvalue weighted by molar-refractivity contribution is 5.71. The van der Waals surface area contributed by atoms with Crippen LogP contribution in [-0.2, 0) is 10.3 Å². The van der Waals surface area contributed by atoms with Gasteiger partial charge < -0.3 is 24.1 Å². The molecule has 0 aliphatic heterocycles. The van der Waals surface area contributed by atoms with Crippen molar-refractivity contribution < 1.29 is 23.5 Å². The van der Waals surface area contributed by atoms with E-state index in [-0.39, 0.29) is 5.88 Å². The minimum Gasteiger partial charge on any atom is -0.475 e. The summed E-state index contributed by atoms with van der Waals surface area (Å²) >= 11 is 0. The zero-order chi connectivity index (χ0) is 19.4. The number of hydrogen-bond donors (Lipinski definition) is 1. The van der Waals surface area contributed by atoms with Gasteiger partial charge in [-0.1, -0.05) is 5.16 Å². The number of aryl methyl sites for hydroxylation is 1. The molecule has 1 aliphatic rings. The second-order valence-electron chi connectivity index (χ2n) is 6.94. The Kier molecular flexibility index (Phi) is 5.59. The summed E-state index contributed by atoms with van der Waals surface area (Å²) in [5.74, 6) is 1.87. The van der Waals surface area contributed by atoms with E-state index in [1.165, 1.54) is 0 Å². The molecule has 0 bridgehead atoms. The van der Waals surface area contributed by atoms with Crippen LogP contribution in [0.5, 0.6) is 11.8 Å². The normalized spacial score (nSPS) is 14.1. The minimum atomic E-state index is -0.861. The van der Waals surface area contributed by atoms with Gasteiger partial charge in [0.15, 0.2) is 5.82 Å². The molecule has 9 nitrogen and oxygen atoms in total. The maximum absolute atomic E-state index is 12.3. The van der Waals surface area contributed by atoms with Crippen molar-refractivity contribution >= 4 is 6.09 Å². The molecule has 0 unspecified atom stereocenters. The van der Waals surface area contributed by atoms with Crippen LogP contribution < -0.4 is 14.8 Å². The lowest BCUT2D eigenvalue weighted by atomic mass is 10.1. The van der Waals surface area contributed by atoms with Gasteiger partial charge in [-0.15, -0.1) is 0 Å². The first-order valence-corrected chi connectivity index (χ1v) is 8.82. The van der Waals surface area contributed by atoms with Crippen molar-refractivity contribution in [3.8, 4) is 11.8 Å². The Bertz CT molecular complexity index is 801. The van der Waals surface area contributed by atoms with E-state index in [1.807, 2.05) is 6.07 Å². The molecule has 1 aliphatic carbocycles. The summed E-state index contributed by atoms with van der Waals surface area (Å²) in [7, 11) is 1.61. The number of methoxy groups -OCH3 is 1. The molecule has 2 aromatic heterocycles. The van der Waals surface area contributed by atoms with E-state index in [9.17, 15) is 4.79 Å². The molecule has 146 valence electrons. The van der Waals surface area contributed by atoms with Crippen molar-refractivity contribution in [1.29, 1.82) is 0 Å². The third kappa shape index (κ3) is 4.94. The van der Waals surface area contributed by atoms with Crippen molar-refractivity contribution in [2.45, 2.75) is 45.1 Å². The van der Waals surface area contributed by atoms with Crippen LogP contribution >= 0.6 is 0 Å². The van der Waals surface area contributed by atoms with Crippen molar-refractivity contribution in [3.63, 3.8) is 0 Å². The summed E-state index contributed by atoms with van der Waals surface area (Å²) < 4.78 is 21.0. The number of amides is 1. The molecule has 2 aromatic rings. The number of rotatable bonds is 8. The predicted octanol–water partition coefficient (Wildman–Crippen LogP) is 2.70. The zero-order valence-corrected chi connectivity index (χ0v) is 15.9. The molecular formula is C18H24N4O5. The fraction of sp³-hybridized carbons (Fsp3) is 0.556. The van der Waals surface area contributed by atoms with E-state index in [1.54, 1.807) is 33.9 Å². The van der Waals surface area contributed by atoms with Crippen LogP contribution in [0.15, 0.2) is 16.7 Å². The molecule has 0 spiro atoms. The average molecular weight is 376 g/mol. The number of ether oxygens (including phenoxy) is 3. The van der Waals surface area contributed by atoms with Gasteiger partial charge in [0.25, 0.3) is 0 Å². The smallest absolute Gasteiger partial charge is 0.414 e. The van der Waals surface area contributed by atoms with Gasteiger partial charge in [-0.25, -0.2) is 4.79 Å². The van der Waals surface area contributed by atoms with Gasteiger partial charge in [0.05, 0.1) is 6.61 Å². The average Bonchev–Trinajstić information content (AvgIpc) is 3.34. The summed E-state index contributed by atoms with van der Waals surface area (Å²) in [6, 6.07) is 3.56. The van der Waals surface area contributed by atoms with Crippen molar-refractivity contribution in [2.24, 2.45) is 0 Å². The van der Waals surface area contributed by atoms with E-state index in [0.29, 0.717) is 36.7 Å². The first-order valence-electron chi connectivity index (χ1n) is 8.82. The second kappa shape index (κ2) is 7.91. The number of carbonyl (C=O) groups excluding carboxylic acids is 1. The van der Waals surface area contributed by atoms with Crippen LogP contribution in [-0.4, -0.2) is 41.5 Å². The monoisotopic (exact) mass is 376 g/mol. The molecule has 0 atom stereocenters. The SMILES string of the molecule is COCCOc1nc(OC(=O)NC(C)(C)c2noc(C)n2)ccc1C1CC1. The molecular weight excluding hydrogens is 352 g/mol. The third-order valence-electron chi connectivity index (χ3n) is 4.11. The highest BCUT2D eigenvalue weighted by atomic mass is 16.6. The Morgan fingerprint density at radius 2 is 2.07 bits per heavy atom. The maximum Gasteiger partial charge on any atom is 0.414 e. The zero-order valence-electron chi connectivity index (χ0n) is 15.9. The van der Waals surface area contributed by atoms with Crippen LogP contribution in [0.1, 0.15) is 49.9 Å². The lowest BCUT2D eigenvalue weighted by Crippen LogP contribution is -2.43. The Morgan fingerprint density at radius 3 is 2.70 bits per heavy atom. The molecule has 2 heterocycles. The first kappa shape index (κ1) is 19.1. The topological polar surface area (TPSA) is 109 Å². The highest BCUT2D eigenvalue weighted by Crippen LogP contribution is 2.44. The Balaban J connectivity index is 1.67. The van der Waals surface area contributed by atoms with E-state index < -0.39 is 11.6 Å². The Morgan fingerprint density at radius 1 is 1.30 bits per heavy atom. The Hall–Kier alpha value is -2.68. The van der Waals surface area contributed by atoms with E-state index in [0.717, 1.165) is 18.4 Å². The van der Waals surface area contributed by atoms with Crippen LogP contribution in [0.4, 0.5) is 4.79 Å². The van der Waals surface area contributed by atoms with Crippen LogP contribution in [0.3, 0.4) is 0 Å². The van der Waals surface area contributed by atoms with Crippen LogP contribution in [0.2, 0.25) is 0 Å². The summed E-state index contributed by atoms with van der Waals surface area (Å²) in [6.45, 7) is 6.02. The second-order valence-corrected chi connectivity index (χ2v) is 6.94. The number of nitrogens with zero attached hydrogens (tertiary/aromatic N) is 3. The van der Waals surface area contributed by atoms with Crippen molar-refractivity contribution in [1.82, 2.24) is 20.4 Å². The standard InChI is InChI=1S/C18H24N4O5/c1-11-19-16(22-27-11)18(2,3)21-17(23)26-14-8-7-13(12-5-6-12)15(20-14)25-10-9-24-4/h7-8,12H,5-6,9-10H2,1-4H3,(H,21,23). The summed E-state index contributed by atoms with van der Waals surface area (Å²) in [5, 5.41) is 6.55. The van der Waals surface area contributed by atoms with E-state index >= 15 is 0 Å². The van der Waals surface area contributed by atoms with Gasteiger partial charge >= 0.3 is 6.09 Å². The molecule has 9 heteroatoms. The maximum atomic E-state index is 12.3. The molecule has 0 radical (unpaired) electrons. The molecule has 3 rings (SSSR count). The lowest BCUT2D eigenvalue weighted by molar-refractivity contribution is 0.142. The molecule has 1 N–H and O–H groups in total.